The summed E-state index contributed by atoms with van der Waals surface area (Å²) in [4.78, 5) is 0. The van der Waals surface area contributed by atoms with Crippen molar-refractivity contribution >= 4 is 37.0 Å². The van der Waals surface area contributed by atoms with Crippen molar-refractivity contribution in [3.63, 3.8) is 0 Å². The average molecular weight is 208 g/mol. The summed E-state index contributed by atoms with van der Waals surface area (Å²) in [6.07, 6.45) is 0. The Hall–Kier alpha value is -1.60. The first-order chi connectivity index (χ1) is 7.36. The van der Waals surface area contributed by atoms with Crippen molar-refractivity contribution < 1.29 is 0 Å². The molecule has 0 saturated heterocycles. The monoisotopic (exact) mass is 208 g/mol. The quantitative estimate of drug-likeness (QED) is 0.391. The fourth-order valence-electron chi connectivity index (χ4n) is 2.24. The zero-order valence-electron chi connectivity index (χ0n) is 8.70. The molecule has 0 unspecified atom stereocenters. The molecule has 0 aliphatic carbocycles. The van der Waals surface area contributed by atoms with Crippen molar-refractivity contribution in [2.24, 2.45) is 0 Å². The van der Waals surface area contributed by atoms with Crippen LogP contribution < -0.4 is 5.19 Å². The van der Waals surface area contributed by atoms with E-state index in [1.165, 1.54) is 26.7 Å². The van der Waals surface area contributed by atoms with E-state index in [4.69, 9.17) is 0 Å². The van der Waals surface area contributed by atoms with E-state index in [1.807, 2.05) is 0 Å². The maximum atomic E-state index is 2.32. The minimum absolute atomic E-state index is 1.11. The van der Waals surface area contributed by atoms with Crippen LogP contribution in [0.15, 0.2) is 54.6 Å². The minimum atomic E-state index is 1.11. The molecule has 0 nitrogen and oxygen atoms in total. The standard InChI is InChI=1S/C14H12Si/c15-14-9-10-5-1-2-6-11(10)12-7-3-4-8-13(12)14/h1-9H,15H3. The van der Waals surface area contributed by atoms with Crippen LogP contribution in [0.5, 0.6) is 0 Å². The summed E-state index contributed by atoms with van der Waals surface area (Å²) in [5, 5.41) is 7.03. The van der Waals surface area contributed by atoms with Crippen LogP contribution in [0.4, 0.5) is 0 Å². The van der Waals surface area contributed by atoms with Gasteiger partial charge in [0.15, 0.2) is 0 Å². The molecular weight excluding hydrogens is 196 g/mol. The van der Waals surface area contributed by atoms with Gasteiger partial charge in [-0.3, -0.25) is 0 Å². The van der Waals surface area contributed by atoms with E-state index in [1.54, 1.807) is 0 Å². The number of hydrogen-bond donors (Lipinski definition) is 0. The van der Waals surface area contributed by atoms with Crippen LogP contribution >= 0.6 is 0 Å². The van der Waals surface area contributed by atoms with Gasteiger partial charge in [-0.05, 0) is 21.5 Å². The van der Waals surface area contributed by atoms with Gasteiger partial charge in [0.05, 0.1) is 0 Å². The molecule has 0 spiro atoms. The molecule has 0 aliphatic heterocycles. The lowest BCUT2D eigenvalue weighted by atomic mass is 10.0. The van der Waals surface area contributed by atoms with E-state index in [-0.39, 0.29) is 0 Å². The third-order valence-corrected chi connectivity index (χ3v) is 3.80. The van der Waals surface area contributed by atoms with E-state index >= 15 is 0 Å². The SMILES string of the molecule is [SiH3]c1cc2ccccc2c2ccccc12. The second-order valence-corrected chi connectivity index (χ2v) is 5.04. The van der Waals surface area contributed by atoms with Crippen LogP contribution in [-0.2, 0) is 0 Å². The molecule has 0 aromatic heterocycles. The van der Waals surface area contributed by atoms with Crippen molar-refractivity contribution in [2.75, 3.05) is 0 Å². The molecule has 3 rings (SSSR count). The van der Waals surface area contributed by atoms with Gasteiger partial charge in [-0.15, -0.1) is 0 Å². The zero-order chi connectivity index (χ0) is 10.3. The molecule has 0 N–H and O–H groups in total. The van der Waals surface area contributed by atoms with Gasteiger partial charge in [0.1, 0.15) is 0 Å². The van der Waals surface area contributed by atoms with Crippen LogP contribution in [0.25, 0.3) is 21.5 Å². The number of fused-ring (bicyclic) bond motifs is 3. The molecule has 15 heavy (non-hydrogen) atoms. The minimum Gasteiger partial charge on any atom is -0.0625 e. The predicted octanol–water partition coefficient (Wildman–Crippen LogP) is 1.98. The van der Waals surface area contributed by atoms with Gasteiger partial charge in [-0.25, -0.2) is 0 Å². The summed E-state index contributed by atoms with van der Waals surface area (Å²) in [5.41, 5.74) is 0. The largest absolute Gasteiger partial charge is 0.0625 e. The Bertz CT molecular complexity index is 641. The highest BCUT2D eigenvalue weighted by Gasteiger charge is 2.01. The Morgan fingerprint density at radius 1 is 0.667 bits per heavy atom. The van der Waals surface area contributed by atoms with E-state index in [0.29, 0.717) is 0 Å². The third kappa shape index (κ3) is 1.28. The predicted molar refractivity (Wildman–Crippen MR) is 71.0 cm³/mol. The summed E-state index contributed by atoms with van der Waals surface area (Å²) in [7, 11) is 1.11. The smallest absolute Gasteiger partial charge is 0.0393 e. The Balaban J connectivity index is 2.64. The summed E-state index contributed by atoms with van der Waals surface area (Å²) in [6.45, 7) is 0. The Morgan fingerprint density at radius 2 is 1.27 bits per heavy atom. The van der Waals surface area contributed by atoms with Crippen molar-refractivity contribution in [3.05, 3.63) is 54.6 Å². The Morgan fingerprint density at radius 3 is 2.07 bits per heavy atom. The highest BCUT2D eigenvalue weighted by Crippen LogP contribution is 2.22. The lowest BCUT2D eigenvalue weighted by molar-refractivity contribution is 1.78. The number of rotatable bonds is 0. The number of benzene rings is 3. The van der Waals surface area contributed by atoms with Crippen molar-refractivity contribution in [3.8, 4) is 0 Å². The summed E-state index contributed by atoms with van der Waals surface area (Å²) in [5.74, 6) is 0. The topological polar surface area (TPSA) is 0 Å². The van der Waals surface area contributed by atoms with Crippen LogP contribution in [0, 0.1) is 0 Å². The summed E-state index contributed by atoms with van der Waals surface area (Å²) < 4.78 is 0. The summed E-state index contributed by atoms with van der Waals surface area (Å²) >= 11 is 0. The fraction of sp³-hybridized carbons (Fsp3) is 0. The van der Waals surface area contributed by atoms with Gasteiger partial charge in [-0.1, -0.05) is 59.8 Å². The van der Waals surface area contributed by atoms with E-state index in [9.17, 15) is 0 Å². The highest BCUT2D eigenvalue weighted by atomic mass is 28.1. The Labute approximate surface area is 92.0 Å². The van der Waals surface area contributed by atoms with Gasteiger partial charge in [-0.2, -0.15) is 0 Å². The molecular formula is C14H12Si. The second-order valence-electron chi connectivity index (χ2n) is 3.96. The lowest BCUT2D eigenvalue weighted by Crippen LogP contribution is -2.03. The molecule has 0 atom stereocenters. The third-order valence-electron chi connectivity index (χ3n) is 2.97. The first-order valence-corrected chi connectivity index (χ1v) is 6.23. The fourth-order valence-corrected chi connectivity index (χ4v) is 2.99. The van der Waals surface area contributed by atoms with Gasteiger partial charge in [0, 0.05) is 10.2 Å². The molecule has 1 heteroatoms. The average Bonchev–Trinajstić information content (AvgIpc) is 2.30. The second kappa shape index (κ2) is 3.21. The molecule has 0 amide bonds. The number of hydrogen-bond acceptors (Lipinski definition) is 0. The van der Waals surface area contributed by atoms with Crippen molar-refractivity contribution in [2.45, 2.75) is 0 Å². The maximum Gasteiger partial charge on any atom is 0.0393 e. The van der Waals surface area contributed by atoms with Crippen LogP contribution in [0.2, 0.25) is 0 Å². The lowest BCUT2D eigenvalue weighted by Gasteiger charge is -2.06. The van der Waals surface area contributed by atoms with Crippen LogP contribution in [-0.4, -0.2) is 10.2 Å². The zero-order valence-corrected chi connectivity index (χ0v) is 10.7. The van der Waals surface area contributed by atoms with Gasteiger partial charge < -0.3 is 0 Å². The molecule has 0 fully saturated rings. The Kier molecular flexibility index (Phi) is 1.86. The normalized spacial score (nSPS) is 11.2. The molecule has 3 aromatic carbocycles. The van der Waals surface area contributed by atoms with Crippen molar-refractivity contribution in [1.82, 2.24) is 0 Å². The molecule has 3 aromatic rings. The molecule has 0 aliphatic rings. The molecule has 72 valence electrons. The van der Waals surface area contributed by atoms with E-state index in [2.05, 4.69) is 54.6 Å². The molecule has 0 saturated carbocycles. The first-order valence-electron chi connectivity index (χ1n) is 5.23. The van der Waals surface area contributed by atoms with E-state index in [0.717, 1.165) is 10.2 Å². The maximum absolute atomic E-state index is 2.32. The van der Waals surface area contributed by atoms with E-state index < -0.39 is 0 Å². The van der Waals surface area contributed by atoms with Gasteiger partial charge >= 0.3 is 0 Å². The summed E-state index contributed by atoms with van der Waals surface area (Å²) in [6, 6.07) is 19.6. The van der Waals surface area contributed by atoms with Gasteiger partial charge in [0.2, 0.25) is 0 Å². The highest BCUT2D eigenvalue weighted by molar-refractivity contribution is 6.41. The van der Waals surface area contributed by atoms with Crippen LogP contribution in [0.1, 0.15) is 0 Å². The molecule has 0 heterocycles. The van der Waals surface area contributed by atoms with Crippen LogP contribution in [0.3, 0.4) is 0 Å². The molecule has 0 radical (unpaired) electrons. The molecule has 0 bridgehead atoms. The van der Waals surface area contributed by atoms with Gasteiger partial charge in [0.25, 0.3) is 0 Å². The first kappa shape index (κ1) is 8.68. The van der Waals surface area contributed by atoms with Crippen molar-refractivity contribution in [1.29, 1.82) is 0 Å².